The summed E-state index contributed by atoms with van der Waals surface area (Å²) in [4.78, 5) is 10.9. The van der Waals surface area contributed by atoms with Gasteiger partial charge in [-0.05, 0) is 12.8 Å². The van der Waals surface area contributed by atoms with Crippen molar-refractivity contribution in [3.8, 4) is 0 Å². The molecule has 0 radical (unpaired) electrons. The largest absolute Gasteiger partial charge is 0.453 e. The van der Waals surface area contributed by atoms with Gasteiger partial charge in [0.2, 0.25) is 0 Å². The van der Waals surface area contributed by atoms with Gasteiger partial charge >= 0.3 is 12.1 Å². The Morgan fingerprint density at radius 2 is 1.93 bits per heavy atom. The van der Waals surface area contributed by atoms with E-state index < -0.39 is 18.8 Å². The number of hydrogen-bond acceptors (Lipinski definition) is 2. The summed E-state index contributed by atoms with van der Waals surface area (Å²) in [6.45, 7) is 2.26. The Labute approximate surface area is 87.1 Å². The van der Waals surface area contributed by atoms with Crippen LogP contribution in [0, 0.1) is 0 Å². The number of carbonyl (C=O) groups is 1. The predicted molar refractivity (Wildman–Crippen MR) is 50.3 cm³/mol. The second-order valence-corrected chi connectivity index (χ2v) is 3.13. The Morgan fingerprint density at radius 1 is 1.33 bits per heavy atom. The van der Waals surface area contributed by atoms with E-state index in [0.717, 1.165) is 18.1 Å². The van der Waals surface area contributed by atoms with Crippen LogP contribution in [0.3, 0.4) is 0 Å². The van der Waals surface area contributed by atoms with Gasteiger partial charge in [-0.2, -0.15) is 13.2 Å². The summed E-state index contributed by atoms with van der Waals surface area (Å²) in [5, 5.41) is 0. The van der Waals surface area contributed by atoms with Gasteiger partial charge < -0.3 is 4.74 Å². The number of hydrogen-bond donors (Lipinski definition) is 0. The average molecular weight is 224 g/mol. The van der Waals surface area contributed by atoms with E-state index in [9.17, 15) is 18.0 Å². The van der Waals surface area contributed by atoms with Crippen LogP contribution in [0.4, 0.5) is 13.2 Å². The lowest BCUT2D eigenvalue weighted by molar-refractivity contribution is -0.182. The zero-order valence-electron chi connectivity index (χ0n) is 8.86. The molecule has 0 saturated carbocycles. The van der Waals surface area contributed by atoms with Gasteiger partial charge in [0.05, 0.1) is 0 Å². The molecular weight excluding hydrogens is 209 g/mol. The zero-order chi connectivity index (χ0) is 11.9. The van der Waals surface area contributed by atoms with Crippen LogP contribution < -0.4 is 0 Å². The topological polar surface area (TPSA) is 26.3 Å². The van der Waals surface area contributed by atoms with E-state index in [1.165, 1.54) is 0 Å². The Kier molecular flexibility index (Phi) is 6.05. The van der Waals surface area contributed by atoms with Gasteiger partial charge in [-0.15, -0.1) is 0 Å². The average Bonchev–Trinajstić information content (AvgIpc) is 2.13. The number of rotatable bonds is 5. The van der Waals surface area contributed by atoms with E-state index in [1.54, 1.807) is 0 Å². The Morgan fingerprint density at radius 3 is 2.33 bits per heavy atom. The van der Waals surface area contributed by atoms with Crippen molar-refractivity contribution in [3.63, 3.8) is 0 Å². The molecule has 0 saturated heterocycles. The molecule has 0 amide bonds. The standard InChI is InChI=1S/C10H15F3O2/c1-3-5-8(4-2)6-9(14)15-7-10(11,12)13/h6H,3-5,7H2,1-2H3/b8-6+. The molecule has 0 aromatic heterocycles. The van der Waals surface area contributed by atoms with E-state index in [4.69, 9.17) is 0 Å². The maximum absolute atomic E-state index is 11.7. The minimum Gasteiger partial charge on any atom is -0.453 e. The van der Waals surface area contributed by atoms with Crippen molar-refractivity contribution in [2.75, 3.05) is 6.61 Å². The molecule has 88 valence electrons. The first kappa shape index (κ1) is 14.0. The summed E-state index contributed by atoms with van der Waals surface area (Å²) in [5.74, 6) is -0.919. The highest BCUT2D eigenvalue weighted by Crippen LogP contribution is 2.15. The molecule has 0 rings (SSSR count). The van der Waals surface area contributed by atoms with Crippen LogP contribution in [0.25, 0.3) is 0 Å². The molecule has 15 heavy (non-hydrogen) atoms. The lowest BCUT2D eigenvalue weighted by atomic mass is 10.1. The first-order valence-corrected chi connectivity index (χ1v) is 4.82. The van der Waals surface area contributed by atoms with Gasteiger partial charge in [0.1, 0.15) is 0 Å². The lowest BCUT2D eigenvalue weighted by Gasteiger charge is -2.06. The van der Waals surface area contributed by atoms with Crippen LogP contribution in [-0.2, 0) is 9.53 Å². The highest BCUT2D eigenvalue weighted by molar-refractivity contribution is 5.82. The first-order chi connectivity index (χ1) is 6.89. The summed E-state index contributed by atoms with van der Waals surface area (Å²) in [6, 6.07) is 0. The van der Waals surface area contributed by atoms with Crippen LogP contribution in [0.2, 0.25) is 0 Å². The number of alkyl halides is 3. The Balaban J connectivity index is 4.10. The maximum atomic E-state index is 11.7. The van der Waals surface area contributed by atoms with Crippen LogP contribution in [0.15, 0.2) is 11.6 Å². The summed E-state index contributed by atoms with van der Waals surface area (Å²) in [5.41, 5.74) is 0.810. The lowest BCUT2D eigenvalue weighted by Crippen LogP contribution is -2.19. The van der Waals surface area contributed by atoms with Gasteiger partial charge in [0, 0.05) is 6.08 Å². The van der Waals surface area contributed by atoms with Crippen molar-refractivity contribution in [2.24, 2.45) is 0 Å². The molecule has 0 N–H and O–H groups in total. The quantitative estimate of drug-likeness (QED) is 0.529. The molecule has 0 aliphatic heterocycles. The maximum Gasteiger partial charge on any atom is 0.422 e. The molecule has 0 atom stereocenters. The Bertz CT molecular complexity index is 231. The normalized spacial score (nSPS) is 12.7. The second kappa shape index (κ2) is 6.48. The highest BCUT2D eigenvalue weighted by Gasteiger charge is 2.29. The number of halogens is 3. The fraction of sp³-hybridized carbons (Fsp3) is 0.700. The molecule has 5 heteroatoms. The molecule has 0 spiro atoms. The van der Waals surface area contributed by atoms with E-state index in [1.807, 2.05) is 13.8 Å². The number of esters is 1. The molecular formula is C10H15F3O2. The van der Waals surface area contributed by atoms with Crippen LogP contribution in [0.5, 0.6) is 0 Å². The second-order valence-electron chi connectivity index (χ2n) is 3.13. The zero-order valence-corrected chi connectivity index (χ0v) is 8.86. The molecule has 0 aliphatic rings. The van der Waals surface area contributed by atoms with E-state index in [-0.39, 0.29) is 0 Å². The highest BCUT2D eigenvalue weighted by atomic mass is 19.4. The van der Waals surface area contributed by atoms with Gasteiger partial charge in [-0.1, -0.05) is 25.8 Å². The number of carbonyl (C=O) groups excluding carboxylic acids is 1. The molecule has 2 nitrogen and oxygen atoms in total. The molecule has 0 aromatic carbocycles. The number of ether oxygens (including phenoxy) is 1. The van der Waals surface area contributed by atoms with Crippen LogP contribution in [0.1, 0.15) is 33.1 Å². The summed E-state index contributed by atoms with van der Waals surface area (Å²) in [6.07, 6.45) is -1.10. The third kappa shape index (κ3) is 8.03. The fourth-order valence-corrected chi connectivity index (χ4v) is 1.03. The molecule has 0 heterocycles. The molecule has 0 unspecified atom stereocenters. The van der Waals surface area contributed by atoms with Crippen molar-refractivity contribution >= 4 is 5.97 Å². The van der Waals surface area contributed by atoms with Crippen LogP contribution >= 0.6 is 0 Å². The van der Waals surface area contributed by atoms with E-state index in [0.29, 0.717) is 12.8 Å². The third-order valence-corrected chi connectivity index (χ3v) is 1.73. The van der Waals surface area contributed by atoms with E-state index in [2.05, 4.69) is 4.74 Å². The first-order valence-electron chi connectivity index (χ1n) is 4.82. The predicted octanol–water partition coefficient (Wildman–Crippen LogP) is 3.23. The Hall–Kier alpha value is -1.00. The summed E-state index contributed by atoms with van der Waals surface area (Å²) < 4.78 is 39.1. The van der Waals surface area contributed by atoms with Crippen molar-refractivity contribution in [3.05, 3.63) is 11.6 Å². The summed E-state index contributed by atoms with van der Waals surface area (Å²) in [7, 11) is 0. The van der Waals surface area contributed by atoms with Gasteiger partial charge in [-0.3, -0.25) is 0 Å². The molecule has 0 aromatic rings. The van der Waals surface area contributed by atoms with Crippen LogP contribution in [-0.4, -0.2) is 18.8 Å². The van der Waals surface area contributed by atoms with Crippen molar-refractivity contribution in [2.45, 2.75) is 39.3 Å². The molecule has 0 bridgehead atoms. The number of allylic oxidation sites excluding steroid dienone is 1. The van der Waals surface area contributed by atoms with Gasteiger partial charge in [0.15, 0.2) is 6.61 Å². The SMILES string of the molecule is CCC/C(=C/C(=O)OCC(F)(F)F)CC. The fourth-order valence-electron chi connectivity index (χ4n) is 1.03. The smallest absolute Gasteiger partial charge is 0.422 e. The van der Waals surface area contributed by atoms with Gasteiger partial charge in [0.25, 0.3) is 0 Å². The van der Waals surface area contributed by atoms with Crippen molar-refractivity contribution in [1.29, 1.82) is 0 Å². The minimum absolute atomic E-state index is 0.648. The van der Waals surface area contributed by atoms with E-state index >= 15 is 0 Å². The van der Waals surface area contributed by atoms with Crippen molar-refractivity contribution in [1.82, 2.24) is 0 Å². The summed E-state index contributed by atoms with van der Waals surface area (Å²) >= 11 is 0. The monoisotopic (exact) mass is 224 g/mol. The van der Waals surface area contributed by atoms with Gasteiger partial charge in [-0.25, -0.2) is 4.79 Å². The molecule has 0 aliphatic carbocycles. The third-order valence-electron chi connectivity index (χ3n) is 1.73. The molecule has 0 fully saturated rings. The van der Waals surface area contributed by atoms with Crippen molar-refractivity contribution < 1.29 is 22.7 Å². The minimum atomic E-state index is -4.46.